The van der Waals surface area contributed by atoms with Crippen molar-refractivity contribution in [2.24, 2.45) is 0 Å². The van der Waals surface area contributed by atoms with E-state index in [9.17, 15) is 19.2 Å². The molecule has 1 aliphatic carbocycles. The molecule has 1 spiro atoms. The average molecular weight is 438 g/mol. The van der Waals surface area contributed by atoms with Gasteiger partial charge in [-0.15, -0.1) is 0 Å². The van der Waals surface area contributed by atoms with Gasteiger partial charge in [0, 0.05) is 30.1 Å². The van der Waals surface area contributed by atoms with Crippen LogP contribution in [0.5, 0.6) is 0 Å². The number of amides is 4. The molecule has 9 nitrogen and oxygen atoms in total. The van der Waals surface area contributed by atoms with Gasteiger partial charge in [0.15, 0.2) is 0 Å². The molecule has 4 rings (SSSR count). The summed E-state index contributed by atoms with van der Waals surface area (Å²) in [5.74, 6) is -0.336. The molecule has 1 aromatic heterocycles. The van der Waals surface area contributed by atoms with Crippen LogP contribution in [0.25, 0.3) is 11.4 Å². The fourth-order valence-electron chi connectivity index (χ4n) is 4.59. The van der Waals surface area contributed by atoms with Crippen molar-refractivity contribution in [3.8, 4) is 11.4 Å². The van der Waals surface area contributed by atoms with Crippen molar-refractivity contribution in [3.05, 3.63) is 46.4 Å². The molecule has 0 atom stereocenters. The summed E-state index contributed by atoms with van der Waals surface area (Å²) < 4.78 is 0. The zero-order chi connectivity index (χ0) is 22.9. The number of likely N-dealkylation sites (N-methyl/N-ethyl adjacent to an activating group) is 1. The molecule has 168 valence electrons. The highest BCUT2D eigenvalue weighted by Crippen LogP contribution is 2.39. The van der Waals surface area contributed by atoms with Crippen LogP contribution in [-0.4, -0.2) is 56.7 Å². The molecule has 2 aliphatic rings. The monoisotopic (exact) mass is 437 g/mol. The van der Waals surface area contributed by atoms with E-state index in [1.165, 1.54) is 11.0 Å². The zero-order valence-corrected chi connectivity index (χ0v) is 18.3. The minimum atomic E-state index is -0.808. The number of hydrogen-bond acceptors (Lipinski definition) is 5. The molecule has 9 heteroatoms. The molecule has 4 amide bonds. The van der Waals surface area contributed by atoms with Crippen molar-refractivity contribution >= 4 is 23.5 Å². The highest BCUT2D eigenvalue weighted by Gasteiger charge is 2.55. The fourth-order valence-corrected chi connectivity index (χ4v) is 4.59. The minimum Gasteiger partial charge on any atom is -0.325 e. The van der Waals surface area contributed by atoms with Gasteiger partial charge in [-0.3, -0.25) is 19.3 Å². The maximum absolute atomic E-state index is 13.1. The molecule has 1 aromatic carbocycles. The lowest BCUT2D eigenvalue weighted by molar-refractivity contribution is -0.136. The first-order valence-corrected chi connectivity index (χ1v) is 10.9. The summed E-state index contributed by atoms with van der Waals surface area (Å²) in [7, 11) is 1.64. The number of carbonyl (C=O) groups is 3. The van der Waals surface area contributed by atoms with Crippen molar-refractivity contribution < 1.29 is 14.4 Å². The van der Waals surface area contributed by atoms with Gasteiger partial charge in [-0.05, 0) is 31.4 Å². The molecule has 2 heterocycles. The first kappa shape index (κ1) is 21.7. The van der Waals surface area contributed by atoms with Crippen LogP contribution in [0.3, 0.4) is 0 Å². The molecule has 0 bridgehead atoms. The molecule has 1 aliphatic heterocycles. The smallest absolute Gasteiger partial charge is 0.325 e. The van der Waals surface area contributed by atoms with Crippen molar-refractivity contribution in [3.63, 3.8) is 0 Å². The Bertz CT molecular complexity index is 1120. The number of urea groups is 1. The van der Waals surface area contributed by atoms with E-state index in [1.54, 1.807) is 31.3 Å². The average Bonchev–Trinajstić information content (AvgIpc) is 2.95. The summed E-state index contributed by atoms with van der Waals surface area (Å²) in [5, 5.41) is 2.75. The summed E-state index contributed by atoms with van der Waals surface area (Å²) >= 11 is 0. The molecule has 0 unspecified atom stereocenters. The maximum atomic E-state index is 13.1. The first-order chi connectivity index (χ1) is 15.3. The Morgan fingerprint density at radius 3 is 2.62 bits per heavy atom. The van der Waals surface area contributed by atoms with Gasteiger partial charge in [0.05, 0.1) is 0 Å². The highest BCUT2D eigenvalue weighted by molar-refractivity contribution is 6.10. The second-order valence-electron chi connectivity index (χ2n) is 8.39. The number of nitrogens with one attached hydrogen (secondary N) is 2. The number of benzene rings is 1. The summed E-state index contributed by atoms with van der Waals surface area (Å²) in [6, 6.07) is 7.93. The third kappa shape index (κ3) is 3.90. The molecular weight excluding hydrogens is 410 g/mol. The molecule has 1 saturated carbocycles. The number of aryl methyl sites for hydroxylation is 1. The third-order valence-electron chi connectivity index (χ3n) is 6.36. The van der Waals surface area contributed by atoms with E-state index in [0.29, 0.717) is 42.0 Å². The van der Waals surface area contributed by atoms with Crippen LogP contribution in [0, 0.1) is 0 Å². The van der Waals surface area contributed by atoms with Crippen molar-refractivity contribution in [1.82, 2.24) is 19.8 Å². The highest BCUT2D eigenvalue weighted by atomic mass is 16.2. The Hall–Kier alpha value is -3.49. The van der Waals surface area contributed by atoms with Crippen LogP contribution in [0.4, 0.5) is 10.5 Å². The lowest BCUT2D eigenvalue weighted by Gasteiger charge is -2.35. The predicted molar refractivity (Wildman–Crippen MR) is 119 cm³/mol. The summed E-state index contributed by atoms with van der Waals surface area (Å²) in [6.45, 7) is 1.58. The van der Waals surface area contributed by atoms with Crippen LogP contribution in [0.2, 0.25) is 0 Å². The van der Waals surface area contributed by atoms with Crippen LogP contribution in [-0.2, 0) is 16.0 Å². The van der Waals surface area contributed by atoms with Crippen molar-refractivity contribution in [2.75, 3.05) is 18.9 Å². The van der Waals surface area contributed by atoms with Crippen LogP contribution in [0.15, 0.2) is 35.1 Å². The molecular formula is C23H27N5O4. The number of H-pyrrole nitrogens is 1. The number of anilines is 1. The lowest BCUT2D eigenvalue weighted by Crippen LogP contribution is -2.49. The number of nitrogens with zero attached hydrogens (tertiary/aromatic N) is 3. The van der Waals surface area contributed by atoms with Crippen LogP contribution >= 0.6 is 0 Å². The number of aromatic amines is 1. The second kappa shape index (κ2) is 8.57. The van der Waals surface area contributed by atoms with Gasteiger partial charge >= 0.3 is 6.03 Å². The Morgan fingerprint density at radius 2 is 1.91 bits per heavy atom. The largest absolute Gasteiger partial charge is 0.327 e. The van der Waals surface area contributed by atoms with Gasteiger partial charge in [0.2, 0.25) is 5.91 Å². The Kier molecular flexibility index (Phi) is 5.82. The van der Waals surface area contributed by atoms with Gasteiger partial charge in [-0.1, -0.05) is 38.3 Å². The molecule has 2 aromatic rings. The van der Waals surface area contributed by atoms with E-state index >= 15 is 0 Å². The van der Waals surface area contributed by atoms with Crippen LogP contribution < -0.4 is 10.9 Å². The number of aromatic nitrogens is 2. The van der Waals surface area contributed by atoms with Gasteiger partial charge in [-0.2, -0.15) is 0 Å². The van der Waals surface area contributed by atoms with Crippen molar-refractivity contribution in [1.29, 1.82) is 0 Å². The van der Waals surface area contributed by atoms with E-state index in [4.69, 9.17) is 0 Å². The summed E-state index contributed by atoms with van der Waals surface area (Å²) in [5.41, 5.74) is 0.747. The van der Waals surface area contributed by atoms with E-state index < -0.39 is 17.5 Å². The molecule has 2 N–H and O–H groups in total. The van der Waals surface area contributed by atoms with Gasteiger partial charge in [-0.25, -0.2) is 9.78 Å². The normalized spacial score (nSPS) is 17.8. The Morgan fingerprint density at radius 1 is 1.16 bits per heavy atom. The van der Waals surface area contributed by atoms with Gasteiger partial charge in [0.25, 0.3) is 11.5 Å². The topological polar surface area (TPSA) is 115 Å². The molecule has 2 fully saturated rings. The van der Waals surface area contributed by atoms with E-state index in [-0.39, 0.29) is 18.0 Å². The summed E-state index contributed by atoms with van der Waals surface area (Å²) in [6.07, 6.45) is 4.74. The molecule has 0 radical (unpaired) electrons. The van der Waals surface area contributed by atoms with Gasteiger partial charge < -0.3 is 15.2 Å². The Balaban J connectivity index is 1.49. The molecule has 1 saturated heterocycles. The molecule has 32 heavy (non-hydrogen) atoms. The Labute approximate surface area is 185 Å². The first-order valence-electron chi connectivity index (χ1n) is 10.9. The number of hydrogen-bond donors (Lipinski definition) is 2. The quantitative estimate of drug-likeness (QED) is 0.698. The number of rotatable bonds is 5. The standard InChI is InChI=1S/C23H27N5O4/c1-3-16-13-18(29)26-20(25-16)15-8-7-9-17(12-15)24-19(30)14-28-21(31)23(27(2)22(28)32)10-5-4-6-11-23/h7-9,12-13H,3-6,10-11,14H2,1-2H3,(H,24,30)(H,25,26,29). The van der Waals surface area contributed by atoms with E-state index in [2.05, 4.69) is 15.3 Å². The fraction of sp³-hybridized carbons (Fsp3) is 0.435. The van der Waals surface area contributed by atoms with E-state index in [0.717, 1.165) is 24.2 Å². The van der Waals surface area contributed by atoms with Crippen molar-refractivity contribution in [2.45, 2.75) is 51.0 Å². The maximum Gasteiger partial charge on any atom is 0.327 e. The number of carbonyl (C=O) groups excluding carboxylic acids is 3. The second-order valence-corrected chi connectivity index (χ2v) is 8.39. The third-order valence-corrected chi connectivity index (χ3v) is 6.36. The lowest BCUT2D eigenvalue weighted by atomic mass is 9.81. The minimum absolute atomic E-state index is 0.242. The van der Waals surface area contributed by atoms with Crippen LogP contribution in [0.1, 0.15) is 44.7 Å². The number of imide groups is 1. The SMILES string of the molecule is CCc1cc(=O)[nH]c(-c2cccc(NC(=O)CN3C(=O)N(C)C4(CCCCC4)C3=O)c2)n1. The van der Waals surface area contributed by atoms with Gasteiger partial charge in [0.1, 0.15) is 17.9 Å². The van der Waals surface area contributed by atoms with E-state index in [1.807, 2.05) is 6.92 Å². The summed E-state index contributed by atoms with van der Waals surface area (Å²) in [4.78, 5) is 60.0. The zero-order valence-electron chi connectivity index (χ0n) is 18.3. The predicted octanol–water partition coefficient (Wildman–Crippen LogP) is 2.53.